The van der Waals surface area contributed by atoms with E-state index in [4.69, 9.17) is 25.9 Å². The average molecular weight is 517 g/mol. The summed E-state index contributed by atoms with van der Waals surface area (Å²) >= 11 is 6.31. The number of ketones is 1. The molecule has 1 fully saturated rings. The number of amides is 1. The van der Waals surface area contributed by atoms with E-state index >= 15 is 0 Å². The van der Waals surface area contributed by atoms with Gasteiger partial charge in [-0.05, 0) is 68.4 Å². The number of anilines is 1. The molecule has 1 aromatic heterocycles. The van der Waals surface area contributed by atoms with Gasteiger partial charge in [0.05, 0.1) is 22.1 Å². The minimum absolute atomic E-state index is 0.105. The Morgan fingerprint density at radius 3 is 2.40 bits per heavy atom. The number of carbonyl (C=O) groups is 2. The molecule has 182 valence electrons. The molecule has 3 aromatic rings. The topological polar surface area (TPSA) is 140 Å². The van der Waals surface area contributed by atoms with E-state index in [-0.39, 0.29) is 32.5 Å². The van der Waals surface area contributed by atoms with E-state index in [0.29, 0.717) is 18.1 Å². The number of nitrogens with two attached hydrogens (primary N) is 1. The number of rotatable bonds is 6. The Bertz CT molecular complexity index is 1460. The van der Waals surface area contributed by atoms with Crippen LogP contribution in [0.5, 0.6) is 5.75 Å². The molecule has 11 heteroatoms. The van der Waals surface area contributed by atoms with Crippen LogP contribution in [0.25, 0.3) is 5.76 Å². The Labute approximate surface area is 206 Å². The summed E-state index contributed by atoms with van der Waals surface area (Å²) in [6.07, 6.45) is 0. The molecule has 3 N–H and O–H groups in total. The summed E-state index contributed by atoms with van der Waals surface area (Å²) in [4.78, 5) is 27.3. The SMILES string of the molecule is CCOc1ccc(Cl)c(/C(O)=C2/C(=O)C(=O)N(c3ccc(S(N)(=O)=O)cc3)C2c2ccc(C)o2)c1. The van der Waals surface area contributed by atoms with Gasteiger partial charge in [-0.2, -0.15) is 0 Å². The van der Waals surface area contributed by atoms with Crippen LogP contribution in [0.1, 0.15) is 30.0 Å². The molecule has 0 saturated carbocycles. The molecule has 0 bridgehead atoms. The Balaban J connectivity index is 1.92. The van der Waals surface area contributed by atoms with E-state index in [1.54, 1.807) is 32.0 Å². The standard InChI is InChI=1S/C24H21ClN2O7S/c1-3-33-15-7-10-18(25)17(12-15)22(28)20-21(19-11-4-13(2)34-19)27(24(30)23(20)29)14-5-8-16(9-6-14)35(26,31)32/h4-12,21,28H,3H2,1-2H3,(H2,26,31,32)/b22-20-. The van der Waals surface area contributed by atoms with Gasteiger partial charge in [0.1, 0.15) is 29.1 Å². The van der Waals surface area contributed by atoms with Crippen molar-refractivity contribution < 1.29 is 32.3 Å². The highest BCUT2D eigenvalue weighted by molar-refractivity contribution is 7.89. The lowest BCUT2D eigenvalue weighted by Crippen LogP contribution is -2.29. The number of hydrogen-bond acceptors (Lipinski definition) is 7. The minimum Gasteiger partial charge on any atom is -0.507 e. The van der Waals surface area contributed by atoms with Gasteiger partial charge in [-0.15, -0.1) is 0 Å². The fourth-order valence-corrected chi connectivity index (χ4v) is 4.57. The molecule has 1 amide bonds. The molecule has 35 heavy (non-hydrogen) atoms. The van der Waals surface area contributed by atoms with E-state index in [1.807, 2.05) is 0 Å². The quantitative estimate of drug-likeness (QED) is 0.287. The van der Waals surface area contributed by atoms with Gasteiger partial charge in [0.2, 0.25) is 10.0 Å². The number of benzene rings is 2. The van der Waals surface area contributed by atoms with E-state index < -0.39 is 33.5 Å². The number of furan rings is 1. The van der Waals surface area contributed by atoms with Crippen molar-refractivity contribution in [1.82, 2.24) is 0 Å². The highest BCUT2D eigenvalue weighted by Crippen LogP contribution is 2.43. The Morgan fingerprint density at radius 2 is 1.83 bits per heavy atom. The lowest BCUT2D eigenvalue weighted by molar-refractivity contribution is -0.132. The number of carbonyl (C=O) groups excluding carboxylic acids is 2. The van der Waals surface area contributed by atoms with Gasteiger partial charge in [-0.1, -0.05) is 11.6 Å². The lowest BCUT2D eigenvalue weighted by atomic mass is 9.99. The summed E-state index contributed by atoms with van der Waals surface area (Å²) in [5.41, 5.74) is 0.0654. The Hall–Kier alpha value is -3.60. The summed E-state index contributed by atoms with van der Waals surface area (Å²) in [7, 11) is -3.97. The first-order valence-corrected chi connectivity index (χ1v) is 12.4. The molecule has 4 rings (SSSR count). The van der Waals surface area contributed by atoms with Gasteiger partial charge in [0, 0.05) is 11.3 Å². The molecule has 0 spiro atoms. The maximum atomic E-state index is 13.2. The summed E-state index contributed by atoms with van der Waals surface area (Å²) < 4.78 is 34.5. The molecule has 1 unspecified atom stereocenters. The highest BCUT2D eigenvalue weighted by atomic mass is 35.5. The van der Waals surface area contributed by atoms with E-state index in [9.17, 15) is 23.1 Å². The number of halogens is 1. The Morgan fingerprint density at radius 1 is 1.14 bits per heavy atom. The van der Waals surface area contributed by atoms with Crippen molar-refractivity contribution in [3.05, 3.63) is 82.3 Å². The molecule has 0 radical (unpaired) electrons. The second-order valence-corrected chi connectivity index (χ2v) is 9.70. The lowest BCUT2D eigenvalue weighted by Gasteiger charge is -2.23. The van der Waals surface area contributed by atoms with Gasteiger partial charge in [-0.3, -0.25) is 14.5 Å². The van der Waals surface area contributed by atoms with Crippen LogP contribution in [0.3, 0.4) is 0 Å². The number of aliphatic hydroxyl groups is 1. The summed E-state index contributed by atoms with van der Waals surface area (Å²) in [5.74, 6) is -1.25. The molecule has 1 atom stereocenters. The monoisotopic (exact) mass is 516 g/mol. The molecule has 0 aliphatic carbocycles. The first-order chi connectivity index (χ1) is 16.5. The molecule has 1 aliphatic rings. The largest absolute Gasteiger partial charge is 0.507 e. The first kappa shape index (κ1) is 24.5. The summed E-state index contributed by atoms with van der Waals surface area (Å²) in [6, 6.07) is 11.8. The number of hydrogen-bond donors (Lipinski definition) is 2. The van der Waals surface area contributed by atoms with E-state index in [0.717, 1.165) is 4.90 Å². The van der Waals surface area contributed by atoms with Crippen molar-refractivity contribution in [2.75, 3.05) is 11.5 Å². The molecule has 2 aromatic carbocycles. The van der Waals surface area contributed by atoms with Gasteiger partial charge in [-0.25, -0.2) is 13.6 Å². The van der Waals surface area contributed by atoms with Gasteiger partial charge in [0.25, 0.3) is 11.7 Å². The van der Waals surface area contributed by atoms with Crippen molar-refractivity contribution in [2.45, 2.75) is 24.8 Å². The van der Waals surface area contributed by atoms with E-state index in [2.05, 4.69) is 0 Å². The third-order valence-electron chi connectivity index (χ3n) is 5.42. The molecule has 2 heterocycles. The van der Waals surface area contributed by atoms with Crippen LogP contribution in [0.15, 0.2) is 69.5 Å². The number of sulfonamides is 1. The van der Waals surface area contributed by atoms with Crippen LogP contribution in [-0.4, -0.2) is 31.8 Å². The van der Waals surface area contributed by atoms with Gasteiger partial charge in [0.15, 0.2) is 0 Å². The number of Topliss-reactive ketones (excluding diaryl/α,β-unsaturated/α-hetero) is 1. The summed E-state index contributed by atoms with van der Waals surface area (Å²) in [5, 5.41) is 16.5. The zero-order valence-electron chi connectivity index (χ0n) is 18.7. The molecular formula is C24H21ClN2O7S. The Kier molecular flexibility index (Phi) is 6.46. The molecule has 1 aliphatic heterocycles. The van der Waals surface area contributed by atoms with Crippen LogP contribution in [0.2, 0.25) is 5.02 Å². The van der Waals surface area contributed by atoms with Crippen LogP contribution in [0, 0.1) is 6.92 Å². The smallest absolute Gasteiger partial charge is 0.300 e. The molecule has 1 saturated heterocycles. The first-order valence-electron chi connectivity index (χ1n) is 10.5. The maximum absolute atomic E-state index is 13.2. The third kappa shape index (κ3) is 4.55. The van der Waals surface area contributed by atoms with Gasteiger partial charge < -0.3 is 14.3 Å². The van der Waals surface area contributed by atoms with Crippen LogP contribution < -0.4 is 14.8 Å². The highest BCUT2D eigenvalue weighted by Gasteiger charge is 2.48. The molecular weight excluding hydrogens is 496 g/mol. The van der Waals surface area contributed by atoms with Crippen molar-refractivity contribution in [2.24, 2.45) is 5.14 Å². The zero-order valence-corrected chi connectivity index (χ0v) is 20.3. The average Bonchev–Trinajstić information content (AvgIpc) is 3.35. The number of aliphatic hydroxyl groups excluding tert-OH is 1. The zero-order chi connectivity index (χ0) is 25.5. The predicted octanol–water partition coefficient (Wildman–Crippen LogP) is 3.91. The number of ether oxygens (including phenoxy) is 1. The number of nitrogens with zero attached hydrogens (tertiary/aromatic N) is 1. The van der Waals surface area contributed by atoms with Gasteiger partial charge >= 0.3 is 0 Å². The maximum Gasteiger partial charge on any atom is 0.300 e. The van der Waals surface area contributed by atoms with Crippen molar-refractivity contribution >= 4 is 44.8 Å². The molecule has 9 nitrogen and oxygen atoms in total. The number of aryl methyl sites for hydroxylation is 1. The second-order valence-electron chi connectivity index (χ2n) is 7.73. The summed E-state index contributed by atoms with van der Waals surface area (Å²) in [6.45, 7) is 3.85. The van der Waals surface area contributed by atoms with Crippen LogP contribution >= 0.6 is 11.6 Å². The fourth-order valence-electron chi connectivity index (χ4n) is 3.85. The van der Waals surface area contributed by atoms with Crippen molar-refractivity contribution in [1.29, 1.82) is 0 Å². The minimum atomic E-state index is -3.97. The van der Waals surface area contributed by atoms with Crippen molar-refractivity contribution in [3.8, 4) is 5.75 Å². The normalized spacial score (nSPS) is 17.7. The predicted molar refractivity (Wildman–Crippen MR) is 129 cm³/mol. The third-order valence-corrected chi connectivity index (χ3v) is 6.68. The van der Waals surface area contributed by atoms with Crippen molar-refractivity contribution in [3.63, 3.8) is 0 Å². The van der Waals surface area contributed by atoms with Crippen LogP contribution in [-0.2, 0) is 19.6 Å². The van der Waals surface area contributed by atoms with E-state index in [1.165, 1.54) is 36.4 Å². The number of primary sulfonamides is 1. The second kappa shape index (κ2) is 9.21. The fraction of sp³-hybridized carbons (Fsp3) is 0.167. The van der Waals surface area contributed by atoms with Crippen LogP contribution in [0.4, 0.5) is 5.69 Å².